The molecule has 3 rings (SSSR count). The van der Waals surface area contributed by atoms with Crippen molar-refractivity contribution in [3.05, 3.63) is 18.2 Å². The second-order valence-corrected chi connectivity index (χ2v) is 6.00. The van der Waals surface area contributed by atoms with Crippen LogP contribution in [0.4, 0.5) is 5.69 Å². The molecular formula is C15H21NO2. The van der Waals surface area contributed by atoms with Crippen LogP contribution in [-0.2, 0) is 0 Å². The molecule has 18 heavy (non-hydrogen) atoms. The summed E-state index contributed by atoms with van der Waals surface area (Å²) >= 11 is 0. The summed E-state index contributed by atoms with van der Waals surface area (Å²) in [5.41, 5.74) is 1.51. The Kier molecular flexibility index (Phi) is 2.84. The van der Waals surface area contributed by atoms with E-state index in [0.717, 1.165) is 17.2 Å². The summed E-state index contributed by atoms with van der Waals surface area (Å²) in [6, 6.07) is 6.66. The molecule has 1 heterocycles. The zero-order valence-electron chi connectivity index (χ0n) is 11.2. The number of fused-ring (bicyclic) bond motifs is 1. The van der Waals surface area contributed by atoms with Gasteiger partial charge in [0.15, 0.2) is 11.5 Å². The Morgan fingerprint density at radius 1 is 1.17 bits per heavy atom. The van der Waals surface area contributed by atoms with Gasteiger partial charge in [-0.1, -0.05) is 26.7 Å². The Morgan fingerprint density at radius 2 is 2.00 bits per heavy atom. The summed E-state index contributed by atoms with van der Waals surface area (Å²) in [6.07, 6.45) is 5.23. The lowest BCUT2D eigenvalue weighted by atomic mass is 9.73. The van der Waals surface area contributed by atoms with E-state index in [9.17, 15) is 0 Å². The van der Waals surface area contributed by atoms with E-state index in [1.807, 2.05) is 12.1 Å². The molecule has 3 heteroatoms. The van der Waals surface area contributed by atoms with Crippen LogP contribution < -0.4 is 14.8 Å². The number of hydrogen-bond donors (Lipinski definition) is 1. The second-order valence-electron chi connectivity index (χ2n) is 6.00. The average molecular weight is 247 g/mol. The standard InChI is InChI=1S/C15H21NO2/c1-15(2)8-4-3-5-14(15)16-11-6-7-12-13(9-11)18-10-17-12/h6-7,9,14,16H,3-5,8,10H2,1-2H3. The lowest BCUT2D eigenvalue weighted by Gasteiger charge is -2.39. The van der Waals surface area contributed by atoms with Crippen molar-refractivity contribution in [2.24, 2.45) is 5.41 Å². The molecule has 0 radical (unpaired) electrons. The Balaban J connectivity index is 1.76. The van der Waals surface area contributed by atoms with Crippen molar-refractivity contribution < 1.29 is 9.47 Å². The number of hydrogen-bond acceptors (Lipinski definition) is 3. The third-order valence-electron chi connectivity index (χ3n) is 4.22. The SMILES string of the molecule is CC1(C)CCCCC1Nc1ccc2c(c1)OCO2. The third-order valence-corrected chi connectivity index (χ3v) is 4.22. The number of benzene rings is 1. The predicted molar refractivity (Wildman–Crippen MR) is 72.2 cm³/mol. The molecule has 1 unspecified atom stereocenters. The molecule has 0 amide bonds. The average Bonchev–Trinajstić information content (AvgIpc) is 2.79. The van der Waals surface area contributed by atoms with Gasteiger partial charge in [-0.05, 0) is 30.4 Å². The van der Waals surface area contributed by atoms with E-state index in [4.69, 9.17) is 9.47 Å². The predicted octanol–water partition coefficient (Wildman–Crippen LogP) is 3.80. The minimum absolute atomic E-state index is 0.341. The molecule has 1 N–H and O–H groups in total. The quantitative estimate of drug-likeness (QED) is 0.862. The first-order valence-corrected chi connectivity index (χ1v) is 6.81. The molecule has 2 aliphatic rings. The maximum absolute atomic E-state index is 5.42. The van der Waals surface area contributed by atoms with Gasteiger partial charge in [-0.25, -0.2) is 0 Å². The molecule has 1 atom stereocenters. The van der Waals surface area contributed by atoms with Crippen molar-refractivity contribution >= 4 is 5.69 Å². The first-order valence-electron chi connectivity index (χ1n) is 6.81. The van der Waals surface area contributed by atoms with E-state index in [-0.39, 0.29) is 0 Å². The van der Waals surface area contributed by atoms with Crippen LogP contribution in [0.3, 0.4) is 0 Å². The van der Waals surface area contributed by atoms with E-state index in [1.54, 1.807) is 0 Å². The van der Waals surface area contributed by atoms with Crippen LogP contribution >= 0.6 is 0 Å². The molecule has 1 aromatic rings. The Labute approximate surface area is 108 Å². The third kappa shape index (κ3) is 2.14. The van der Waals surface area contributed by atoms with Crippen LogP contribution in [0.1, 0.15) is 39.5 Å². The summed E-state index contributed by atoms with van der Waals surface area (Å²) in [7, 11) is 0. The fraction of sp³-hybridized carbons (Fsp3) is 0.600. The monoisotopic (exact) mass is 247 g/mol. The van der Waals surface area contributed by atoms with Crippen LogP contribution in [0.2, 0.25) is 0 Å². The van der Waals surface area contributed by atoms with Crippen LogP contribution in [0.5, 0.6) is 11.5 Å². The molecule has 0 aromatic heterocycles. The fourth-order valence-corrected chi connectivity index (χ4v) is 2.95. The first kappa shape index (κ1) is 11.7. The van der Waals surface area contributed by atoms with Gasteiger partial charge in [0.05, 0.1) is 0 Å². The molecule has 1 aliphatic carbocycles. The highest BCUT2D eigenvalue weighted by molar-refractivity contribution is 5.56. The van der Waals surface area contributed by atoms with Gasteiger partial charge in [-0.3, -0.25) is 0 Å². The molecule has 0 saturated heterocycles. The van der Waals surface area contributed by atoms with Gasteiger partial charge in [0.2, 0.25) is 6.79 Å². The molecule has 3 nitrogen and oxygen atoms in total. The zero-order valence-corrected chi connectivity index (χ0v) is 11.2. The van der Waals surface area contributed by atoms with Gasteiger partial charge in [0, 0.05) is 17.8 Å². The second kappa shape index (κ2) is 4.38. The van der Waals surface area contributed by atoms with E-state index in [1.165, 1.54) is 25.7 Å². The zero-order chi connectivity index (χ0) is 12.6. The lowest BCUT2D eigenvalue weighted by molar-refractivity contribution is 0.174. The molecule has 1 aromatic carbocycles. The molecule has 1 saturated carbocycles. The molecular weight excluding hydrogens is 226 g/mol. The largest absolute Gasteiger partial charge is 0.454 e. The van der Waals surface area contributed by atoms with E-state index < -0.39 is 0 Å². The lowest BCUT2D eigenvalue weighted by Crippen LogP contribution is -2.38. The van der Waals surface area contributed by atoms with Gasteiger partial charge in [-0.2, -0.15) is 0 Å². The van der Waals surface area contributed by atoms with Crippen molar-refractivity contribution in [2.75, 3.05) is 12.1 Å². The van der Waals surface area contributed by atoms with Crippen LogP contribution in [0, 0.1) is 5.41 Å². The van der Waals surface area contributed by atoms with Crippen LogP contribution in [0.25, 0.3) is 0 Å². The van der Waals surface area contributed by atoms with Crippen molar-refractivity contribution in [1.82, 2.24) is 0 Å². The Bertz CT molecular complexity index is 442. The minimum atomic E-state index is 0.341. The van der Waals surface area contributed by atoms with Crippen molar-refractivity contribution in [1.29, 1.82) is 0 Å². The number of anilines is 1. The smallest absolute Gasteiger partial charge is 0.231 e. The Morgan fingerprint density at radius 3 is 2.83 bits per heavy atom. The fourth-order valence-electron chi connectivity index (χ4n) is 2.95. The van der Waals surface area contributed by atoms with Crippen LogP contribution in [-0.4, -0.2) is 12.8 Å². The highest BCUT2D eigenvalue weighted by atomic mass is 16.7. The summed E-state index contributed by atoms with van der Waals surface area (Å²) in [5, 5.41) is 3.67. The summed E-state index contributed by atoms with van der Waals surface area (Å²) in [4.78, 5) is 0. The topological polar surface area (TPSA) is 30.5 Å². The Hall–Kier alpha value is -1.38. The van der Waals surface area contributed by atoms with Crippen molar-refractivity contribution in [3.8, 4) is 11.5 Å². The minimum Gasteiger partial charge on any atom is -0.454 e. The van der Waals surface area contributed by atoms with Crippen molar-refractivity contribution in [3.63, 3.8) is 0 Å². The molecule has 0 bridgehead atoms. The van der Waals surface area contributed by atoms with E-state index >= 15 is 0 Å². The first-order chi connectivity index (χ1) is 8.65. The normalized spacial score (nSPS) is 24.9. The van der Waals surface area contributed by atoms with Gasteiger partial charge in [0.25, 0.3) is 0 Å². The van der Waals surface area contributed by atoms with Crippen molar-refractivity contribution in [2.45, 2.75) is 45.6 Å². The van der Waals surface area contributed by atoms with Gasteiger partial charge >= 0.3 is 0 Å². The highest BCUT2D eigenvalue weighted by Crippen LogP contribution is 2.39. The van der Waals surface area contributed by atoms with E-state index in [0.29, 0.717) is 18.2 Å². The number of rotatable bonds is 2. The molecule has 98 valence electrons. The van der Waals surface area contributed by atoms with Crippen LogP contribution in [0.15, 0.2) is 18.2 Å². The number of nitrogens with one attached hydrogen (secondary N) is 1. The molecule has 1 fully saturated rings. The van der Waals surface area contributed by atoms with Gasteiger partial charge in [-0.15, -0.1) is 0 Å². The van der Waals surface area contributed by atoms with Gasteiger partial charge in [0.1, 0.15) is 0 Å². The maximum Gasteiger partial charge on any atom is 0.231 e. The van der Waals surface area contributed by atoms with Gasteiger partial charge < -0.3 is 14.8 Å². The maximum atomic E-state index is 5.42. The summed E-state index contributed by atoms with van der Waals surface area (Å²) in [5.74, 6) is 1.71. The summed E-state index contributed by atoms with van der Waals surface area (Å²) < 4.78 is 10.8. The number of ether oxygens (including phenoxy) is 2. The van der Waals surface area contributed by atoms with E-state index in [2.05, 4.69) is 25.2 Å². The summed E-state index contributed by atoms with van der Waals surface area (Å²) in [6.45, 7) is 5.06. The molecule has 1 aliphatic heterocycles. The molecule has 0 spiro atoms. The highest BCUT2D eigenvalue weighted by Gasteiger charge is 2.32.